The molecule has 2 aromatic carbocycles. The van der Waals surface area contributed by atoms with Gasteiger partial charge in [0.25, 0.3) is 5.91 Å². The number of ether oxygens (including phenoxy) is 1. The van der Waals surface area contributed by atoms with Gasteiger partial charge >= 0.3 is 5.97 Å². The van der Waals surface area contributed by atoms with Crippen LogP contribution in [-0.2, 0) is 22.4 Å². The van der Waals surface area contributed by atoms with Crippen molar-refractivity contribution in [1.82, 2.24) is 5.32 Å². The highest BCUT2D eigenvalue weighted by atomic mass is 19.1. The number of nitrogens with one attached hydrogen (secondary N) is 1. The number of rotatable bonds is 5. The Morgan fingerprint density at radius 2 is 1.77 bits per heavy atom. The molecule has 136 valence electrons. The highest BCUT2D eigenvalue weighted by molar-refractivity contribution is 5.91. The van der Waals surface area contributed by atoms with Gasteiger partial charge in [0.1, 0.15) is 5.82 Å². The number of hydrogen-bond acceptors (Lipinski definition) is 3. The number of carbonyl (C=O) groups is 2. The van der Waals surface area contributed by atoms with Crippen molar-refractivity contribution in [3.8, 4) is 0 Å². The number of amides is 1. The van der Waals surface area contributed by atoms with Gasteiger partial charge in [0.05, 0.1) is 11.6 Å². The molecule has 2 aromatic rings. The number of esters is 1. The van der Waals surface area contributed by atoms with Crippen LogP contribution >= 0.6 is 0 Å². The summed E-state index contributed by atoms with van der Waals surface area (Å²) in [5.74, 6) is -1.45. The Labute approximate surface area is 152 Å². The van der Waals surface area contributed by atoms with Gasteiger partial charge in [0, 0.05) is 0 Å². The fourth-order valence-electron chi connectivity index (χ4n) is 3.19. The number of fused-ring (bicyclic) bond motifs is 1. The number of carbonyl (C=O) groups excluding carboxylic acids is 2. The molecule has 1 atom stereocenters. The van der Waals surface area contributed by atoms with Crippen molar-refractivity contribution in [2.24, 2.45) is 0 Å². The molecule has 1 amide bonds. The molecule has 0 heterocycles. The molecule has 0 aromatic heterocycles. The van der Waals surface area contributed by atoms with E-state index in [0.717, 1.165) is 18.4 Å². The van der Waals surface area contributed by atoms with Crippen LogP contribution < -0.4 is 5.32 Å². The van der Waals surface area contributed by atoms with Crippen molar-refractivity contribution in [2.75, 3.05) is 6.61 Å². The third-order valence-electron chi connectivity index (χ3n) is 4.66. The van der Waals surface area contributed by atoms with Gasteiger partial charge in [-0.1, -0.05) is 18.2 Å². The van der Waals surface area contributed by atoms with Crippen LogP contribution in [0.3, 0.4) is 0 Å². The summed E-state index contributed by atoms with van der Waals surface area (Å²) < 4.78 is 17.8. The lowest BCUT2D eigenvalue weighted by molar-refractivity contribution is -0.124. The molecule has 0 radical (unpaired) electrons. The molecule has 26 heavy (non-hydrogen) atoms. The van der Waals surface area contributed by atoms with Gasteiger partial charge in [0.15, 0.2) is 6.61 Å². The molecule has 0 fully saturated rings. The van der Waals surface area contributed by atoms with Crippen LogP contribution in [0.4, 0.5) is 4.39 Å². The Morgan fingerprint density at radius 1 is 1.08 bits per heavy atom. The highest BCUT2D eigenvalue weighted by Gasteiger charge is 2.15. The van der Waals surface area contributed by atoms with E-state index in [1.807, 2.05) is 13.0 Å². The average Bonchev–Trinajstić information content (AvgIpc) is 2.66. The first-order valence-corrected chi connectivity index (χ1v) is 8.86. The van der Waals surface area contributed by atoms with E-state index in [4.69, 9.17) is 4.74 Å². The zero-order chi connectivity index (χ0) is 18.5. The first-order chi connectivity index (χ1) is 12.5. The van der Waals surface area contributed by atoms with E-state index in [1.165, 1.54) is 48.2 Å². The second-order valence-corrected chi connectivity index (χ2v) is 6.61. The van der Waals surface area contributed by atoms with Gasteiger partial charge in [-0.25, -0.2) is 9.18 Å². The summed E-state index contributed by atoms with van der Waals surface area (Å²) in [6, 6.07) is 11.2. The maximum Gasteiger partial charge on any atom is 0.338 e. The first-order valence-electron chi connectivity index (χ1n) is 8.86. The summed E-state index contributed by atoms with van der Waals surface area (Å²) in [6.07, 6.45) is 4.64. The van der Waals surface area contributed by atoms with Crippen LogP contribution in [-0.4, -0.2) is 18.5 Å². The molecule has 0 saturated heterocycles. The standard InChI is InChI=1S/C21H22FNO3/c1-14(17-7-6-15-4-2-3-5-18(15)12-17)23-20(24)13-26-21(25)16-8-10-19(22)11-9-16/h6-12,14H,2-5,13H2,1H3,(H,23,24)/t14-/m0/s1. The van der Waals surface area contributed by atoms with Crippen molar-refractivity contribution in [2.45, 2.75) is 38.6 Å². The van der Waals surface area contributed by atoms with Crippen LogP contribution in [0.5, 0.6) is 0 Å². The molecule has 0 aliphatic heterocycles. The average molecular weight is 355 g/mol. The molecule has 0 bridgehead atoms. The molecule has 0 spiro atoms. The number of hydrogen-bond donors (Lipinski definition) is 1. The molecule has 5 heteroatoms. The zero-order valence-electron chi connectivity index (χ0n) is 14.8. The van der Waals surface area contributed by atoms with Crippen LogP contribution in [0.15, 0.2) is 42.5 Å². The zero-order valence-corrected chi connectivity index (χ0v) is 14.8. The van der Waals surface area contributed by atoms with Gasteiger partial charge < -0.3 is 10.1 Å². The summed E-state index contributed by atoms with van der Waals surface area (Å²) in [5, 5.41) is 2.84. The second-order valence-electron chi connectivity index (χ2n) is 6.61. The largest absolute Gasteiger partial charge is 0.452 e. The van der Waals surface area contributed by atoms with Crippen molar-refractivity contribution in [3.63, 3.8) is 0 Å². The molecule has 0 saturated carbocycles. The number of halogens is 1. The SMILES string of the molecule is C[C@H](NC(=O)COC(=O)c1ccc(F)cc1)c1ccc2c(c1)CCCC2. The quantitative estimate of drug-likeness (QED) is 0.832. The van der Waals surface area contributed by atoms with Crippen molar-refractivity contribution in [1.29, 1.82) is 0 Å². The van der Waals surface area contributed by atoms with Gasteiger partial charge in [-0.05, 0) is 73.6 Å². The fraction of sp³-hybridized carbons (Fsp3) is 0.333. The molecule has 4 nitrogen and oxygen atoms in total. The van der Waals surface area contributed by atoms with Gasteiger partial charge in [0.2, 0.25) is 0 Å². The Hall–Kier alpha value is -2.69. The van der Waals surface area contributed by atoms with E-state index < -0.39 is 11.8 Å². The Balaban J connectivity index is 1.52. The highest BCUT2D eigenvalue weighted by Crippen LogP contribution is 2.24. The van der Waals surface area contributed by atoms with Crippen molar-refractivity contribution in [3.05, 3.63) is 70.5 Å². The molecule has 0 unspecified atom stereocenters. The topological polar surface area (TPSA) is 55.4 Å². The van der Waals surface area contributed by atoms with E-state index in [0.29, 0.717) is 0 Å². The Bertz CT molecular complexity index is 801. The minimum Gasteiger partial charge on any atom is -0.452 e. The van der Waals surface area contributed by atoms with Crippen LogP contribution in [0.1, 0.15) is 52.9 Å². The van der Waals surface area contributed by atoms with E-state index in [2.05, 4.69) is 17.4 Å². The van der Waals surface area contributed by atoms with Crippen LogP contribution in [0.25, 0.3) is 0 Å². The predicted octanol–water partition coefficient (Wildman–Crippen LogP) is 3.74. The summed E-state index contributed by atoms with van der Waals surface area (Å²) >= 11 is 0. The molecule has 3 rings (SSSR count). The molecule has 1 N–H and O–H groups in total. The summed E-state index contributed by atoms with van der Waals surface area (Å²) in [4.78, 5) is 23.9. The third kappa shape index (κ3) is 4.48. The summed E-state index contributed by atoms with van der Waals surface area (Å²) in [6.45, 7) is 1.54. The van der Waals surface area contributed by atoms with Gasteiger partial charge in [-0.2, -0.15) is 0 Å². The van der Waals surface area contributed by atoms with E-state index >= 15 is 0 Å². The number of aryl methyl sites for hydroxylation is 2. The van der Waals surface area contributed by atoms with E-state index in [1.54, 1.807) is 0 Å². The second kappa shape index (κ2) is 8.13. The lowest BCUT2D eigenvalue weighted by atomic mass is 9.89. The van der Waals surface area contributed by atoms with Gasteiger partial charge in [-0.15, -0.1) is 0 Å². The molecular formula is C21H22FNO3. The number of benzene rings is 2. The third-order valence-corrected chi connectivity index (χ3v) is 4.66. The molecule has 1 aliphatic rings. The van der Waals surface area contributed by atoms with Crippen molar-refractivity contribution >= 4 is 11.9 Å². The lowest BCUT2D eigenvalue weighted by Crippen LogP contribution is -2.31. The van der Waals surface area contributed by atoms with Crippen LogP contribution in [0.2, 0.25) is 0 Å². The Morgan fingerprint density at radius 3 is 2.50 bits per heavy atom. The minimum atomic E-state index is -0.651. The molecule has 1 aliphatic carbocycles. The predicted molar refractivity (Wildman–Crippen MR) is 96.3 cm³/mol. The normalized spacial score (nSPS) is 14.2. The monoisotopic (exact) mass is 355 g/mol. The summed E-state index contributed by atoms with van der Waals surface area (Å²) in [7, 11) is 0. The first kappa shape index (κ1) is 18.1. The lowest BCUT2D eigenvalue weighted by Gasteiger charge is -2.20. The minimum absolute atomic E-state index is 0.167. The molecular weight excluding hydrogens is 333 g/mol. The maximum absolute atomic E-state index is 12.9. The van der Waals surface area contributed by atoms with Crippen molar-refractivity contribution < 1.29 is 18.7 Å². The summed E-state index contributed by atoms with van der Waals surface area (Å²) in [5.41, 5.74) is 4.01. The maximum atomic E-state index is 12.9. The van der Waals surface area contributed by atoms with Crippen LogP contribution in [0, 0.1) is 5.82 Å². The van der Waals surface area contributed by atoms with E-state index in [9.17, 15) is 14.0 Å². The van der Waals surface area contributed by atoms with Gasteiger partial charge in [-0.3, -0.25) is 4.79 Å². The van der Waals surface area contributed by atoms with E-state index in [-0.39, 0.29) is 24.1 Å². The smallest absolute Gasteiger partial charge is 0.338 e. The fourth-order valence-corrected chi connectivity index (χ4v) is 3.19. The Kier molecular flexibility index (Phi) is 5.66.